The van der Waals surface area contributed by atoms with Crippen molar-refractivity contribution in [2.24, 2.45) is 11.1 Å². The van der Waals surface area contributed by atoms with Gasteiger partial charge in [0.15, 0.2) is 5.58 Å². The number of aromatic nitrogens is 1. The highest BCUT2D eigenvalue weighted by Crippen LogP contribution is 2.27. The molecule has 1 saturated heterocycles. The quantitative estimate of drug-likeness (QED) is 0.694. The highest BCUT2D eigenvalue weighted by atomic mass is 32.2. The Labute approximate surface area is 162 Å². The maximum atomic E-state index is 12.5. The zero-order valence-electron chi connectivity index (χ0n) is 15.0. The maximum Gasteiger partial charge on any atom is 0.298 e. The van der Waals surface area contributed by atoms with Crippen LogP contribution in [0.15, 0.2) is 57.8 Å². The largest absolute Gasteiger partial charge is 0.423 e. The summed E-state index contributed by atoms with van der Waals surface area (Å²) in [5, 5.41) is 7.91. The monoisotopic (exact) mass is 400 g/mol. The van der Waals surface area contributed by atoms with Crippen molar-refractivity contribution >= 4 is 38.7 Å². The number of rotatable bonds is 4. The van der Waals surface area contributed by atoms with Crippen LogP contribution < -0.4 is 15.4 Å². The number of para-hydroxylation sites is 2. The lowest BCUT2D eigenvalue weighted by Crippen LogP contribution is -2.38. The second-order valence-corrected chi connectivity index (χ2v) is 8.35. The molecule has 1 aromatic heterocycles. The minimum atomic E-state index is -3.74. The van der Waals surface area contributed by atoms with Gasteiger partial charge >= 0.3 is 0 Å². The molecule has 1 fully saturated rings. The van der Waals surface area contributed by atoms with E-state index in [1.54, 1.807) is 0 Å². The van der Waals surface area contributed by atoms with Crippen molar-refractivity contribution in [1.82, 2.24) is 4.98 Å². The molecule has 3 N–H and O–H groups in total. The second kappa shape index (κ2) is 7.25. The zero-order chi connectivity index (χ0) is 19.7. The minimum absolute atomic E-state index is 0.0112. The summed E-state index contributed by atoms with van der Waals surface area (Å²) in [5.41, 5.74) is 2.11. The van der Waals surface area contributed by atoms with Crippen molar-refractivity contribution < 1.29 is 17.6 Å². The van der Waals surface area contributed by atoms with Crippen LogP contribution in [-0.4, -0.2) is 32.4 Å². The van der Waals surface area contributed by atoms with Crippen LogP contribution in [0.4, 0.5) is 11.7 Å². The van der Waals surface area contributed by atoms with Gasteiger partial charge in [-0.2, -0.15) is 4.98 Å². The number of carbonyl (C=O) groups is 1. The molecule has 4 rings (SSSR count). The highest BCUT2D eigenvalue weighted by Gasteiger charge is 2.27. The van der Waals surface area contributed by atoms with Crippen molar-refractivity contribution in [2.45, 2.75) is 17.7 Å². The first kappa shape index (κ1) is 18.5. The number of amides is 1. The van der Waals surface area contributed by atoms with E-state index in [1.165, 1.54) is 24.3 Å². The van der Waals surface area contributed by atoms with E-state index >= 15 is 0 Å². The Hall–Kier alpha value is -2.91. The van der Waals surface area contributed by atoms with Gasteiger partial charge in [0, 0.05) is 24.7 Å². The number of hydrogen-bond acceptors (Lipinski definition) is 6. The molecule has 1 aliphatic heterocycles. The molecule has 28 heavy (non-hydrogen) atoms. The molecule has 0 unspecified atom stereocenters. The van der Waals surface area contributed by atoms with Crippen LogP contribution in [0.5, 0.6) is 0 Å². The molecule has 0 bridgehead atoms. The Morgan fingerprint density at radius 1 is 1.11 bits per heavy atom. The molecule has 146 valence electrons. The van der Waals surface area contributed by atoms with Crippen LogP contribution in [0.3, 0.4) is 0 Å². The highest BCUT2D eigenvalue weighted by molar-refractivity contribution is 7.89. The Kier molecular flexibility index (Phi) is 4.78. The first-order valence-corrected chi connectivity index (χ1v) is 10.5. The first-order valence-electron chi connectivity index (χ1n) is 8.94. The molecule has 0 spiro atoms. The number of piperidine rings is 1. The Morgan fingerprint density at radius 2 is 1.79 bits per heavy atom. The number of sulfonamides is 1. The molecular formula is C19H20N4O4S. The lowest BCUT2D eigenvalue weighted by molar-refractivity contribution is -0.120. The molecular weight excluding hydrogens is 380 g/mol. The van der Waals surface area contributed by atoms with Gasteiger partial charge in [-0.05, 0) is 49.2 Å². The number of carbonyl (C=O) groups excluding carboxylic acids is 1. The molecule has 3 aromatic rings. The molecule has 1 amide bonds. The van der Waals surface area contributed by atoms with Crippen LogP contribution >= 0.6 is 0 Å². The molecule has 2 aromatic carbocycles. The Bertz CT molecular complexity index is 1070. The third-order valence-corrected chi connectivity index (χ3v) is 5.80. The van der Waals surface area contributed by atoms with E-state index in [-0.39, 0.29) is 16.7 Å². The summed E-state index contributed by atoms with van der Waals surface area (Å²) in [6, 6.07) is 14.0. The molecule has 0 radical (unpaired) electrons. The van der Waals surface area contributed by atoms with E-state index in [9.17, 15) is 13.2 Å². The van der Waals surface area contributed by atoms with Crippen molar-refractivity contribution in [3.05, 3.63) is 48.5 Å². The van der Waals surface area contributed by atoms with Gasteiger partial charge in [-0.25, -0.2) is 13.6 Å². The number of fused-ring (bicyclic) bond motifs is 1. The Balaban J connectivity index is 1.36. The number of nitrogens with zero attached hydrogens (tertiary/aromatic N) is 2. The van der Waals surface area contributed by atoms with Crippen LogP contribution in [0.2, 0.25) is 0 Å². The topological polar surface area (TPSA) is 119 Å². The lowest BCUT2D eigenvalue weighted by atomic mass is 9.96. The number of benzene rings is 2. The first-order chi connectivity index (χ1) is 13.4. The van der Waals surface area contributed by atoms with E-state index in [0.717, 1.165) is 11.1 Å². The summed E-state index contributed by atoms with van der Waals surface area (Å²) < 4.78 is 28.4. The van der Waals surface area contributed by atoms with Gasteiger partial charge in [0.05, 0.1) is 4.90 Å². The van der Waals surface area contributed by atoms with Gasteiger partial charge in [0.25, 0.3) is 6.01 Å². The van der Waals surface area contributed by atoms with E-state index in [1.807, 2.05) is 29.2 Å². The van der Waals surface area contributed by atoms with Crippen molar-refractivity contribution in [3.8, 4) is 0 Å². The van der Waals surface area contributed by atoms with Crippen LogP contribution in [0.25, 0.3) is 11.1 Å². The number of nitrogens with one attached hydrogen (secondary N) is 1. The molecule has 0 aliphatic carbocycles. The molecule has 0 saturated carbocycles. The van der Waals surface area contributed by atoms with Gasteiger partial charge in [0.2, 0.25) is 15.9 Å². The SMILES string of the molecule is NS(=O)(=O)c1ccc(NC(=O)C2CCN(c3nc4ccccc4o3)CC2)cc1. The van der Waals surface area contributed by atoms with Gasteiger partial charge < -0.3 is 14.6 Å². The van der Waals surface area contributed by atoms with Gasteiger partial charge in [0.1, 0.15) is 5.52 Å². The van der Waals surface area contributed by atoms with Crippen LogP contribution in [0.1, 0.15) is 12.8 Å². The van der Waals surface area contributed by atoms with Gasteiger partial charge in [-0.15, -0.1) is 0 Å². The summed E-state index contributed by atoms with van der Waals surface area (Å²) in [7, 11) is -3.74. The third kappa shape index (κ3) is 3.85. The van der Waals surface area contributed by atoms with Gasteiger partial charge in [-0.1, -0.05) is 12.1 Å². The average molecular weight is 400 g/mol. The number of hydrogen-bond donors (Lipinski definition) is 2. The number of primary sulfonamides is 1. The van der Waals surface area contributed by atoms with E-state index in [2.05, 4.69) is 10.3 Å². The fourth-order valence-electron chi connectivity index (χ4n) is 3.30. The fraction of sp³-hybridized carbons (Fsp3) is 0.263. The van der Waals surface area contributed by atoms with E-state index in [4.69, 9.17) is 9.56 Å². The van der Waals surface area contributed by atoms with Crippen molar-refractivity contribution in [3.63, 3.8) is 0 Å². The van der Waals surface area contributed by atoms with Crippen molar-refractivity contribution in [2.75, 3.05) is 23.3 Å². The minimum Gasteiger partial charge on any atom is -0.423 e. The second-order valence-electron chi connectivity index (χ2n) is 6.78. The molecule has 2 heterocycles. The maximum absolute atomic E-state index is 12.5. The normalized spacial score (nSPS) is 15.7. The average Bonchev–Trinajstić information content (AvgIpc) is 3.12. The summed E-state index contributed by atoms with van der Waals surface area (Å²) in [4.78, 5) is 19.1. The Morgan fingerprint density at radius 3 is 2.43 bits per heavy atom. The van der Waals surface area contributed by atoms with E-state index < -0.39 is 10.0 Å². The summed E-state index contributed by atoms with van der Waals surface area (Å²) >= 11 is 0. The summed E-state index contributed by atoms with van der Waals surface area (Å²) in [6.45, 7) is 1.35. The molecule has 1 aliphatic rings. The predicted molar refractivity (Wildman–Crippen MR) is 105 cm³/mol. The smallest absolute Gasteiger partial charge is 0.298 e. The lowest BCUT2D eigenvalue weighted by Gasteiger charge is -2.30. The fourth-order valence-corrected chi connectivity index (χ4v) is 3.82. The van der Waals surface area contributed by atoms with Crippen molar-refractivity contribution in [1.29, 1.82) is 0 Å². The van der Waals surface area contributed by atoms with E-state index in [0.29, 0.717) is 37.6 Å². The number of anilines is 2. The number of nitrogens with two attached hydrogens (primary N) is 1. The zero-order valence-corrected chi connectivity index (χ0v) is 15.9. The molecule has 9 heteroatoms. The predicted octanol–water partition coefficient (Wildman–Crippen LogP) is 2.33. The van der Waals surface area contributed by atoms with Crippen LogP contribution in [0, 0.1) is 5.92 Å². The standard InChI is InChI=1S/C19H20N4O4S/c20-28(25,26)15-7-5-14(6-8-15)21-18(24)13-9-11-23(12-10-13)19-22-16-3-1-2-4-17(16)27-19/h1-8,13H,9-12H2,(H,21,24)(H2,20,25,26). The molecule has 0 atom stereocenters. The molecule has 8 nitrogen and oxygen atoms in total. The summed E-state index contributed by atoms with van der Waals surface area (Å²) in [6.07, 6.45) is 1.36. The number of oxazole rings is 1. The van der Waals surface area contributed by atoms with Gasteiger partial charge in [-0.3, -0.25) is 4.79 Å². The summed E-state index contributed by atoms with van der Waals surface area (Å²) in [5.74, 6) is -0.209. The van der Waals surface area contributed by atoms with Crippen LogP contribution in [-0.2, 0) is 14.8 Å². The third-order valence-electron chi connectivity index (χ3n) is 4.87.